The molecule has 2 heterocycles. The molecule has 2 rings (SSSR count). The molecule has 1 aromatic rings. The van der Waals surface area contributed by atoms with Gasteiger partial charge < -0.3 is 10.1 Å². The van der Waals surface area contributed by atoms with Gasteiger partial charge in [-0.25, -0.2) is 4.98 Å². The highest BCUT2D eigenvalue weighted by molar-refractivity contribution is 7.07. The molecule has 1 saturated heterocycles. The van der Waals surface area contributed by atoms with Crippen molar-refractivity contribution in [3.63, 3.8) is 0 Å². The first kappa shape index (κ1) is 9.12. The Morgan fingerprint density at radius 2 is 2.69 bits per heavy atom. The average Bonchev–Trinajstić information content (AvgIpc) is 2.74. The van der Waals surface area contributed by atoms with Crippen LogP contribution >= 0.6 is 11.3 Å². The molecular formula is C9H14N2OS. The van der Waals surface area contributed by atoms with E-state index in [1.165, 1.54) is 0 Å². The van der Waals surface area contributed by atoms with E-state index >= 15 is 0 Å². The summed E-state index contributed by atoms with van der Waals surface area (Å²) in [5, 5.41) is 5.59. The van der Waals surface area contributed by atoms with Crippen LogP contribution in [0.2, 0.25) is 0 Å². The molecule has 0 bridgehead atoms. The second-order valence-corrected chi connectivity index (χ2v) is 4.08. The van der Waals surface area contributed by atoms with Crippen LogP contribution < -0.4 is 5.32 Å². The van der Waals surface area contributed by atoms with Gasteiger partial charge >= 0.3 is 0 Å². The van der Waals surface area contributed by atoms with Crippen LogP contribution in [0.5, 0.6) is 0 Å². The lowest BCUT2D eigenvalue weighted by Gasteiger charge is -2.16. The van der Waals surface area contributed by atoms with E-state index in [2.05, 4.69) is 22.6 Å². The van der Waals surface area contributed by atoms with Crippen molar-refractivity contribution < 1.29 is 4.74 Å². The van der Waals surface area contributed by atoms with Crippen molar-refractivity contribution in [2.45, 2.75) is 25.4 Å². The van der Waals surface area contributed by atoms with Gasteiger partial charge in [0.05, 0.1) is 17.8 Å². The molecule has 1 fully saturated rings. The monoisotopic (exact) mass is 198 g/mol. The van der Waals surface area contributed by atoms with Crippen LogP contribution in [0, 0.1) is 0 Å². The Balaban J connectivity index is 1.87. The van der Waals surface area contributed by atoms with E-state index in [0.717, 1.165) is 25.3 Å². The van der Waals surface area contributed by atoms with Crippen molar-refractivity contribution in [1.82, 2.24) is 10.3 Å². The number of thiazole rings is 1. The molecule has 0 radical (unpaired) electrons. The highest BCUT2D eigenvalue weighted by Gasteiger charge is 2.18. The fourth-order valence-corrected chi connectivity index (χ4v) is 2.19. The zero-order valence-electron chi connectivity index (χ0n) is 7.69. The quantitative estimate of drug-likeness (QED) is 0.800. The minimum atomic E-state index is 0.345. The molecule has 72 valence electrons. The molecule has 3 nitrogen and oxygen atoms in total. The van der Waals surface area contributed by atoms with Crippen molar-refractivity contribution in [2.75, 3.05) is 13.2 Å². The number of nitrogens with zero attached hydrogens (tertiary/aromatic N) is 1. The molecule has 1 N–H and O–H groups in total. The van der Waals surface area contributed by atoms with E-state index in [4.69, 9.17) is 4.74 Å². The summed E-state index contributed by atoms with van der Waals surface area (Å²) in [6.07, 6.45) is 1.12. The van der Waals surface area contributed by atoms with Crippen LogP contribution in [0.1, 0.15) is 25.1 Å². The molecule has 0 spiro atoms. The summed E-state index contributed by atoms with van der Waals surface area (Å²) < 4.78 is 5.30. The summed E-state index contributed by atoms with van der Waals surface area (Å²) in [6.45, 7) is 3.88. The van der Waals surface area contributed by atoms with Crippen LogP contribution in [-0.4, -0.2) is 24.2 Å². The predicted octanol–water partition coefficient (Wildman–Crippen LogP) is 1.58. The smallest absolute Gasteiger partial charge is 0.0795 e. The van der Waals surface area contributed by atoms with Gasteiger partial charge in [0, 0.05) is 24.1 Å². The Labute approximate surface area is 82.1 Å². The molecule has 0 aliphatic carbocycles. The van der Waals surface area contributed by atoms with Crippen molar-refractivity contribution in [1.29, 1.82) is 0 Å². The van der Waals surface area contributed by atoms with E-state index in [9.17, 15) is 0 Å². The van der Waals surface area contributed by atoms with Gasteiger partial charge in [-0.05, 0) is 13.3 Å². The molecule has 2 unspecified atom stereocenters. The maximum absolute atomic E-state index is 5.30. The van der Waals surface area contributed by atoms with Crippen LogP contribution in [0.3, 0.4) is 0 Å². The number of hydrogen-bond acceptors (Lipinski definition) is 4. The van der Waals surface area contributed by atoms with E-state index in [0.29, 0.717) is 12.1 Å². The van der Waals surface area contributed by atoms with E-state index < -0.39 is 0 Å². The van der Waals surface area contributed by atoms with E-state index in [1.807, 2.05) is 5.51 Å². The lowest BCUT2D eigenvalue weighted by atomic mass is 10.2. The van der Waals surface area contributed by atoms with Crippen LogP contribution in [-0.2, 0) is 4.74 Å². The normalized spacial score (nSPS) is 24.8. The van der Waals surface area contributed by atoms with Gasteiger partial charge in [0.15, 0.2) is 0 Å². The SMILES string of the molecule is CC(NC1CCOC1)c1cscn1. The van der Waals surface area contributed by atoms with E-state index in [1.54, 1.807) is 11.3 Å². The molecule has 0 aromatic carbocycles. The summed E-state index contributed by atoms with van der Waals surface area (Å²) in [4.78, 5) is 4.27. The maximum Gasteiger partial charge on any atom is 0.0795 e. The summed E-state index contributed by atoms with van der Waals surface area (Å²) in [7, 11) is 0. The number of rotatable bonds is 3. The molecule has 1 aliphatic rings. The molecule has 13 heavy (non-hydrogen) atoms. The van der Waals surface area contributed by atoms with E-state index in [-0.39, 0.29) is 0 Å². The first-order chi connectivity index (χ1) is 6.36. The lowest BCUT2D eigenvalue weighted by Crippen LogP contribution is -2.31. The van der Waals surface area contributed by atoms with Gasteiger partial charge in [-0.3, -0.25) is 0 Å². The zero-order valence-corrected chi connectivity index (χ0v) is 8.51. The third kappa shape index (κ3) is 2.27. The fraction of sp³-hybridized carbons (Fsp3) is 0.667. The predicted molar refractivity (Wildman–Crippen MR) is 52.9 cm³/mol. The largest absolute Gasteiger partial charge is 0.380 e. The summed E-state index contributed by atoms with van der Waals surface area (Å²) in [6, 6.07) is 0.856. The standard InChI is InChI=1S/C9H14N2OS/c1-7(9-5-13-6-10-9)11-8-2-3-12-4-8/h5-8,11H,2-4H2,1H3. The fourth-order valence-electron chi connectivity index (χ4n) is 1.54. The molecule has 1 aliphatic heterocycles. The summed E-state index contributed by atoms with van der Waals surface area (Å²) in [5.74, 6) is 0. The minimum Gasteiger partial charge on any atom is -0.380 e. The first-order valence-corrected chi connectivity index (χ1v) is 5.52. The summed E-state index contributed by atoms with van der Waals surface area (Å²) in [5.41, 5.74) is 3.01. The molecule has 0 amide bonds. The minimum absolute atomic E-state index is 0.345. The molecule has 0 saturated carbocycles. The van der Waals surface area contributed by atoms with Crippen molar-refractivity contribution >= 4 is 11.3 Å². The van der Waals surface area contributed by atoms with Crippen LogP contribution in [0.4, 0.5) is 0 Å². The van der Waals surface area contributed by atoms with Crippen molar-refractivity contribution in [3.8, 4) is 0 Å². The Bertz CT molecular complexity index is 244. The zero-order chi connectivity index (χ0) is 9.10. The Morgan fingerprint density at radius 1 is 1.77 bits per heavy atom. The third-order valence-corrected chi connectivity index (χ3v) is 2.92. The number of ether oxygens (including phenoxy) is 1. The van der Waals surface area contributed by atoms with Crippen LogP contribution in [0.15, 0.2) is 10.9 Å². The molecule has 4 heteroatoms. The Kier molecular flexibility index (Phi) is 2.93. The first-order valence-electron chi connectivity index (χ1n) is 4.58. The van der Waals surface area contributed by atoms with Gasteiger partial charge in [0.1, 0.15) is 0 Å². The van der Waals surface area contributed by atoms with Gasteiger partial charge in [-0.2, -0.15) is 0 Å². The van der Waals surface area contributed by atoms with Crippen molar-refractivity contribution in [3.05, 3.63) is 16.6 Å². The highest BCUT2D eigenvalue weighted by atomic mass is 32.1. The maximum atomic E-state index is 5.30. The summed E-state index contributed by atoms with van der Waals surface area (Å²) >= 11 is 1.64. The topological polar surface area (TPSA) is 34.1 Å². The third-order valence-electron chi connectivity index (χ3n) is 2.31. The molecule has 1 aromatic heterocycles. The highest BCUT2D eigenvalue weighted by Crippen LogP contribution is 2.15. The average molecular weight is 198 g/mol. The number of aromatic nitrogens is 1. The number of hydrogen-bond donors (Lipinski definition) is 1. The van der Waals surface area contributed by atoms with Gasteiger partial charge in [0.2, 0.25) is 0 Å². The van der Waals surface area contributed by atoms with Crippen LogP contribution in [0.25, 0.3) is 0 Å². The molecule has 2 atom stereocenters. The Morgan fingerprint density at radius 3 is 3.31 bits per heavy atom. The Hall–Kier alpha value is -0.450. The second-order valence-electron chi connectivity index (χ2n) is 3.36. The second kappa shape index (κ2) is 4.17. The molecular weight excluding hydrogens is 184 g/mol. The van der Waals surface area contributed by atoms with Crippen molar-refractivity contribution in [2.24, 2.45) is 0 Å². The van der Waals surface area contributed by atoms with Gasteiger partial charge in [-0.1, -0.05) is 0 Å². The van der Waals surface area contributed by atoms with Gasteiger partial charge in [0.25, 0.3) is 0 Å². The lowest BCUT2D eigenvalue weighted by molar-refractivity contribution is 0.188. The number of nitrogens with one attached hydrogen (secondary N) is 1. The van der Waals surface area contributed by atoms with Gasteiger partial charge in [-0.15, -0.1) is 11.3 Å².